The molecule has 0 unspecified atom stereocenters. The number of pyridine rings is 1. The number of hydrogen-bond acceptors (Lipinski definition) is 8. The molecule has 3 heterocycles. The summed E-state index contributed by atoms with van der Waals surface area (Å²) < 4.78 is 25.3. The number of aromatic nitrogens is 2. The third-order valence-electron chi connectivity index (χ3n) is 6.12. The molecule has 41 heavy (non-hydrogen) atoms. The minimum absolute atomic E-state index is 0.0335. The lowest BCUT2D eigenvalue weighted by Crippen LogP contribution is -2.45. The number of carbonyl (C=O) groups is 2. The fourth-order valence-corrected chi connectivity index (χ4v) is 5.46. The number of halogens is 1. The van der Waals surface area contributed by atoms with E-state index >= 15 is 0 Å². The van der Waals surface area contributed by atoms with E-state index in [2.05, 4.69) is 33.6 Å². The number of ether oxygens (including phenoxy) is 3. The van der Waals surface area contributed by atoms with Crippen molar-refractivity contribution in [2.45, 2.75) is 73.5 Å². The summed E-state index contributed by atoms with van der Waals surface area (Å²) in [7, 11) is 1.56. The molecule has 0 aliphatic carbocycles. The van der Waals surface area contributed by atoms with Crippen molar-refractivity contribution < 1.29 is 28.2 Å². The molecule has 4 rings (SSSR count). The van der Waals surface area contributed by atoms with Crippen molar-refractivity contribution in [3.05, 3.63) is 44.4 Å². The van der Waals surface area contributed by atoms with Gasteiger partial charge in [0.05, 0.1) is 18.2 Å². The van der Waals surface area contributed by atoms with Crippen molar-refractivity contribution >= 4 is 62.6 Å². The van der Waals surface area contributed by atoms with Crippen LogP contribution in [0.15, 0.2) is 22.6 Å². The Balaban J connectivity index is 2.29. The first-order valence-electron chi connectivity index (χ1n) is 12.9. The fourth-order valence-electron chi connectivity index (χ4n) is 4.67. The van der Waals surface area contributed by atoms with Gasteiger partial charge in [-0.2, -0.15) is 10.2 Å². The number of furan rings is 1. The number of hydrogen-bond donors (Lipinski definition) is 0. The molecular weight excluding hydrogens is 639 g/mol. The fraction of sp³-hybridized carbons (Fsp3) is 0.400. The van der Waals surface area contributed by atoms with Crippen LogP contribution in [0.1, 0.15) is 64.0 Å². The highest BCUT2D eigenvalue weighted by molar-refractivity contribution is 14.1. The first-order valence-corrected chi connectivity index (χ1v) is 14.0. The third kappa shape index (κ3) is 5.57. The first-order chi connectivity index (χ1) is 19.0. The van der Waals surface area contributed by atoms with E-state index < -0.39 is 23.4 Å². The van der Waals surface area contributed by atoms with E-state index in [1.54, 1.807) is 66.2 Å². The standard InChI is InChI=1S/C30H33IN4O6/c1-15-11-12-20(38-10)17(3)22(15)34-23-21(25(31)33-19-13-16(2)39-24(19)23)18(14-32)26(34)35(27(36)40-29(4,5)6)28(37)41-30(7,8)9/h11-13H,1-10H3. The molecule has 4 aromatic rings. The molecule has 0 fully saturated rings. The maximum absolute atomic E-state index is 13.9. The van der Waals surface area contributed by atoms with Crippen LogP contribution in [0.25, 0.3) is 27.7 Å². The Labute approximate surface area is 252 Å². The molecule has 0 saturated heterocycles. The molecule has 11 heteroatoms. The molecule has 216 valence electrons. The normalized spacial score (nSPS) is 12.0. The van der Waals surface area contributed by atoms with Gasteiger partial charge in [0.1, 0.15) is 49.1 Å². The van der Waals surface area contributed by atoms with Gasteiger partial charge in [0.25, 0.3) is 0 Å². The number of carbonyl (C=O) groups excluding carboxylic acids is 2. The Hall–Kier alpha value is -3.79. The van der Waals surface area contributed by atoms with Crippen molar-refractivity contribution in [2.75, 3.05) is 12.0 Å². The number of aryl methyl sites for hydroxylation is 2. The number of amides is 2. The maximum atomic E-state index is 13.9. The summed E-state index contributed by atoms with van der Waals surface area (Å²) in [4.78, 5) is 33.2. The zero-order valence-corrected chi connectivity index (χ0v) is 27.0. The molecule has 0 aliphatic rings. The van der Waals surface area contributed by atoms with Crippen LogP contribution in [0.3, 0.4) is 0 Å². The molecule has 0 spiro atoms. The Kier molecular flexibility index (Phi) is 7.77. The average Bonchev–Trinajstić information content (AvgIpc) is 3.34. The minimum atomic E-state index is -1.000. The van der Waals surface area contributed by atoms with Crippen LogP contribution in [0.5, 0.6) is 5.75 Å². The molecule has 0 aliphatic heterocycles. The number of imide groups is 1. The molecule has 10 nitrogen and oxygen atoms in total. The van der Waals surface area contributed by atoms with E-state index in [0.717, 1.165) is 10.5 Å². The number of nitriles is 1. The lowest BCUT2D eigenvalue weighted by molar-refractivity contribution is 0.0428. The lowest BCUT2D eigenvalue weighted by Gasteiger charge is -2.30. The number of nitrogens with zero attached hydrogens (tertiary/aromatic N) is 4. The van der Waals surface area contributed by atoms with Gasteiger partial charge in [0, 0.05) is 11.6 Å². The summed E-state index contributed by atoms with van der Waals surface area (Å²) in [5, 5.41) is 11.0. The molecule has 1 aromatic carbocycles. The summed E-state index contributed by atoms with van der Waals surface area (Å²) in [6.07, 6.45) is -2.00. The van der Waals surface area contributed by atoms with E-state index in [1.807, 2.05) is 26.0 Å². The van der Waals surface area contributed by atoms with Gasteiger partial charge in [-0.3, -0.25) is 4.57 Å². The largest absolute Gasteiger partial charge is 0.496 e. The van der Waals surface area contributed by atoms with Crippen LogP contribution in [0.2, 0.25) is 0 Å². The van der Waals surface area contributed by atoms with Crippen molar-refractivity contribution in [1.29, 1.82) is 5.26 Å². The van der Waals surface area contributed by atoms with Gasteiger partial charge in [-0.05, 0) is 96.5 Å². The topological polar surface area (TPSA) is 120 Å². The van der Waals surface area contributed by atoms with Gasteiger partial charge < -0.3 is 18.6 Å². The number of benzene rings is 1. The molecule has 0 bridgehead atoms. The monoisotopic (exact) mass is 672 g/mol. The van der Waals surface area contributed by atoms with Gasteiger partial charge in [-0.1, -0.05) is 6.07 Å². The lowest BCUT2D eigenvalue weighted by atomic mass is 10.1. The molecule has 0 atom stereocenters. The van der Waals surface area contributed by atoms with Crippen molar-refractivity contribution in [1.82, 2.24) is 9.55 Å². The van der Waals surface area contributed by atoms with Crippen molar-refractivity contribution in [3.63, 3.8) is 0 Å². The van der Waals surface area contributed by atoms with Gasteiger partial charge in [-0.25, -0.2) is 14.6 Å². The second-order valence-corrected chi connectivity index (χ2v) is 12.7. The smallest absolute Gasteiger partial charge is 0.425 e. The van der Waals surface area contributed by atoms with E-state index in [1.165, 1.54) is 0 Å². The first kappa shape index (κ1) is 30.2. The Morgan fingerprint density at radius 2 is 1.63 bits per heavy atom. The summed E-state index contributed by atoms with van der Waals surface area (Å²) in [6, 6.07) is 7.73. The van der Waals surface area contributed by atoms with Crippen LogP contribution >= 0.6 is 22.6 Å². The van der Waals surface area contributed by atoms with Crippen molar-refractivity contribution in [3.8, 4) is 17.5 Å². The summed E-state index contributed by atoms with van der Waals surface area (Å²) in [5.41, 5.74) is 1.66. The summed E-state index contributed by atoms with van der Waals surface area (Å²) >= 11 is 2.05. The van der Waals surface area contributed by atoms with E-state index in [0.29, 0.717) is 48.5 Å². The van der Waals surface area contributed by atoms with Crippen LogP contribution in [0, 0.1) is 35.8 Å². The summed E-state index contributed by atoms with van der Waals surface area (Å²) in [5.74, 6) is 1.14. The third-order valence-corrected chi connectivity index (χ3v) is 6.90. The minimum Gasteiger partial charge on any atom is -0.496 e. The van der Waals surface area contributed by atoms with Gasteiger partial charge in [0.2, 0.25) is 0 Å². The zero-order valence-electron chi connectivity index (χ0n) is 24.8. The van der Waals surface area contributed by atoms with Crippen LogP contribution in [-0.4, -0.2) is 40.0 Å². The van der Waals surface area contributed by atoms with Gasteiger partial charge in [0.15, 0.2) is 11.4 Å². The van der Waals surface area contributed by atoms with Crippen LogP contribution < -0.4 is 9.64 Å². The second kappa shape index (κ2) is 10.6. The number of anilines is 1. The quantitative estimate of drug-likeness (QED) is 0.159. The number of rotatable bonds is 3. The Morgan fingerprint density at radius 3 is 2.15 bits per heavy atom. The number of methoxy groups -OCH3 is 1. The van der Waals surface area contributed by atoms with E-state index in [4.69, 9.17) is 18.6 Å². The highest BCUT2D eigenvalue weighted by atomic mass is 127. The van der Waals surface area contributed by atoms with Crippen molar-refractivity contribution in [2.24, 2.45) is 0 Å². The molecule has 0 saturated carbocycles. The molecule has 2 amide bonds. The summed E-state index contributed by atoms with van der Waals surface area (Å²) in [6.45, 7) is 15.7. The second-order valence-electron chi connectivity index (χ2n) is 11.7. The highest BCUT2D eigenvalue weighted by Crippen LogP contribution is 2.44. The van der Waals surface area contributed by atoms with Crippen LogP contribution in [-0.2, 0) is 9.47 Å². The van der Waals surface area contributed by atoms with Crippen LogP contribution in [0.4, 0.5) is 15.4 Å². The van der Waals surface area contributed by atoms with E-state index in [9.17, 15) is 14.9 Å². The predicted octanol–water partition coefficient (Wildman–Crippen LogP) is 7.86. The SMILES string of the molecule is COc1ccc(C)c(-n2c(N(C(=O)OC(C)(C)C)C(=O)OC(C)(C)C)c(C#N)c3c(I)nc4cc(C)oc4c32)c1C. The Morgan fingerprint density at radius 1 is 1.05 bits per heavy atom. The maximum Gasteiger partial charge on any atom is 0.425 e. The molecular formula is C30H33IN4O6. The van der Waals surface area contributed by atoms with Gasteiger partial charge in [-0.15, -0.1) is 0 Å². The Bertz CT molecular complexity index is 1720. The number of fused-ring (bicyclic) bond motifs is 3. The van der Waals surface area contributed by atoms with E-state index in [-0.39, 0.29) is 11.4 Å². The predicted molar refractivity (Wildman–Crippen MR) is 164 cm³/mol. The molecule has 0 N–H and O–H groups in total. The average molecular weight is 673 g/mol. The molecule has 0 radical (unpaired) electrons. The zero-order chi connectivity index (χ0) is 30.6. The highest BCUT2D eigenvalue weighted by Gasteiger charge is 2.40. The molecule has 3 aromatic heterocycles. The van der Waals surface area contributed by atoms with Gasteiger partial charge >= 0.3 is 12.2 Å².